The molecular weight excluding hydrogens is 319 g/mol. The quantitative estimate of drug-likeness (QED) is 0.719. The van der Waals surface area contributed by atoms with Gasteiger partial charge in [0.1, 0.15) is 5.75 Å². The Labute approximate surface area is 132 Å². The number of hydrogen-bond acceptors (Lipinski definition) is 2. The van der Waals surface area contributed by atoms with Crippen LogP contribution in [0, 0.1) is 6.92 Å². The van der Waals surface area contributed by atoms with E-state index in [4.69, 9.17) is 39.5 Å². The third kappa shape index (κ3) is 3.66. The lowest BCUT2D eigenvalue weighted by molar-refractivity contribution is 0.0921. The maximum atomic E-state index is 12.0. The Balaban J connectivity index is 2.06. The first-order chi connectivity index (χ1) is 9.47. The Kier molecular flexibility index (Phi) is 4.92. The molecule has 0 aliphatic heterocycles. The van der Waals surface area contributed by atoms with E-state index in [2.05, 4.69) is 0 Å². The molecule has 0 N–H and O–H groups in total. The van der Waals surface area contributed by atoms with Gasteiger partial charge in [-0.3, -0.25) is 4.79 Å². The molecule has 0 bridgehead atoms. The zero-order valence-electron chi connectivity index (χ0n) is 10.6. The van der Waals surface area contributed by atoms with E-state index in [0.29, 0.717) is 26.4 Å². The van der Waals surface area contributed by atoms with Gasteiger partial charge in [-0.1, -0.05) is 34.8 Å². The highest BCUT2D eigenvalue weighted by Gasteiger charge is 2.11. The van der Waals surface area contributed by atoms with E-state index in [-0.39, 0.29) is 12.4 Å². The molecule has 104 valence electrons. The summed E-state index contributed by atoms with van der Waals surface area (Å²) in [6, 6.07) is 9.95. The van der Waals surface area contributed by atoms with Crippen molar-refractivity contribution in [3.63, 3.8) is 0 Å². The largest absolute Gasteiger partial charge is 0.485 e. The highest BCUT2D eigenvalue weighted by Crippen LogP contribution is 2.23. The number of ketones is 1. The van der Waals surface area contributed by atoms with Crippen LogP contribution in [0.25, 0.3) is 0 Å². The molecule has 0 aliphatic carbocycles. The number of rotatable bonds is 4. The highest BCUT2D eigenvalue weighted by atomic mass is 35.5. The molecule has 0 saturated heterocycles. The number of ether oxygens (including phenoxy) is 1. The van der Waals surface area contributed by atoms with Crippen LogP contribution in [0.5, 0.6) is 5.75 Å². The summed E-state index contributed by atoms with van der Waals surface area (Å²) in [6.07, 6.45) is 0. The monoisotopic (exact) mass is 328 g/mol. The Morgan fingerprint density at radius 2 is 1.80 bits per heavy atom. The van der Waals surface area contributed by atoms with Crippen molar-refractivity contribution in [3.8, 4) is 5.75 Å². The summed E-state index contributed by atoms with van der Waals surface area (Å²) >= 11 is 17.7. The average Bonchev–Trinajstić information content (AvgIpc) is 2.40. The fourth-order valence-electron chi connectivity index (χ4n) is 1.65. The predicted octanol–water partition coefficient (Wildman–Crippen LogP) is 5.22. The van der Waals surface area contributed by atoms with Crippen molar-refractivity contribution in [2.24, 2.45) is 0 Å². The molecule has 0 saturated carbocycles. The van der Waals surface area contributed by atoms with Crippen molar-refractivity contribution >= 4 is 40.6 Å². The van der Waals surface area contributed by atoms with Crippen LogP contribution in [0.4, 0.5) is 0 Å². The van der Waals surface area contributed by atoms with Crippen LogP contribution in [-0.2, 0) is 0 Å². The van der Waals surface area contributed by atoms with Crippen LogP contribution in [0.3, 0.4) is 0 Å². The molecule has 0 amide bonds. The molecule has 0 heterocycles. The van der Waals surface area contributed by atoms with Gasteiger partial charge in [0.25, 0.3) is 0 Å². The van der Waals surface area contributed by atoms with Crippen LogP contribution >= 0.6 is 34.8 Å². The molecule has 0 fully saturated rings. The van der Waals surface area contributed by atoms with Crippen molar-refractivity contribution < 1.29 is 9.53 Å². The second-order valence-corrected chi connectivity index (χ2v) is 5.50. The van der Waals surface area contributed by atoms with E-state index in [1.54, 1.807) is 30.3 Å². The fourth-order valence-corrected chi connectivity index (χ4v) is 2.28. The van der Waals surface area contributed by atoms with E-state index in [1.807, 2.05) is 6.92 Å². The molecule has 2 nitrogen and oxygen atoms in total. The molecule has 2 aromatic rings. The van der Waals surface area contributed by atoms with Gasteiger partial charge in [-0.15, -0.1) is 0 Å². The third-order valence-corrected chi connectivity index (χ3v) is 3.70. The standard InChI is InChI=1S/C15H11Cl3O2/c1-9-6-11(3-5-13(9)17)20-8-15(19)12-4-2-10(16)7-14(12)18/h2-7H,8H2,1H3. The first-order valence-corrected chi connectivity index (χ1v) is 6.98. The number of benzene rings is 2. The number of aryl methyl sites for hydroxylation is 1. The van der Waals surface area contributed by atoms with Gasteiger partial charge in [0, 0.05) is 15.6 Å². The van der Waals surface area contributed by atoms with Crippen molar-refractivity contribution in [1.29, 1.82) is 0 Å². The van der Waals surface area contributed by atoms with Gasteiger partial charge in [0.05, 0.1) is 5.02 Å². The van der Waals surface area contributed by atoms with E-state index >= 15 is 0 Å². The fraction of sp³-hybridized carbons (Fsp3) is 0.133. The van der Waals surface area contributed by atoms with Gasteiger partial charge < -0.3 is 4.74 Å². The first-order valence-electron chi connectivity index (χ1n) is 5.84. The van der Waals surface area contributed by atoms with Gasteiger partial charge in [0.2, 0.25) is 5.78 Å². The van der Waals surface area contributed by atoms with Crippen molar-refractivity contribution in [2.75, 3.05) is 6.61 Å². The lowest BCUT2D eigenvalue weighted by Crippen LogP contribution is -2.12. The zero-order valence-corrected chi connectivity index (χ0v) is 12.9. The summed E-state index contributed by atoms with van der Waals surface area (Å²) in [5.74, 6) is 0.379. The Bertz CT molecular complexity index is 654. The van der Waals surface area contributed by atoms with Gasteiger partial charge in [-0.05, 0) is 48.9 Å². The summed E-state index contributed by atoms with van der Waals surface area (Å²) in [5.41, 5.74) is 1.28. The molecule has 2 aromatic carbocycles. The summed E-state index contributed by atoms with van der Waals surface area (Å²) in [5, 5.41) is 1.46. The van der Waals surface area contributed by atoms with Crippen LogP contribution in [0.1, 0.15) is 15.9 Å². The van der Waals surface area contributed by atoms with E-state index in [0.717, 1.165) is 5.56 Å². The van der Waals surface area contributed by atoms with Gasteiger partial charge in [-0.2, -0.15) is 0 Å². The third-order valence-electron chi connectivity index (χ3n) is 2.73. The molecule has 0 aromatic heterocycles. The summed E-state index contributed by atoms with van der Waals surface area (Å²) < 4.78 is 5.44. The Morgan fingerprint density at radius 1 is 1.05 bits per heavy atom. The van der Waals surface area contributed by atoms with Crippen molar-refractivity contribution in [2.45, 2.75) is 6.92 Å². The molecular formula is C15H11Cl3O2. The van der Waals surface area contributed by atoms with Crippen LogP contribution in [0.15, 0.2) is 36.4 Å². The van der Waals surface area contributed by atoms with E-state index in [9.17, 15) is 4.79 Å². The molecule has 0 radical (unpaired) electrons. The number of hydrogen-bond donors (Lipinski definition) is 0. The molecule has 2 rings (SSSR count). The second-order valence-electron chi connectivity index (χ2n) is 4.25. The molecule has 5 heteroatoms. The zero-order chi connectivity index (χ0) is 14.7. The van der Waals surface area contributed by atoms with Crippen LogP contribution < -0.4 is 4.74 Å². The Hall–Kier alpha value is -1.22. The van der Waals surface area contributed by atoms with Crippen molar-refractivity contribution in [3.05, 3.63) is 62.6 Å². The summed E-state index contributed by atoms with van der Waals surface area (Å²) in [6.45, 7) is 1.77. The maximum absolute atomic E-state index is 12.0. The molecule has 0 aliphatic rings. The predicted molar refractivity (Wildman–Crippen MR) is 82.5 cm³/mol. The lowest BCUT2D eigenvalue weighted by atomic mass is 10.1. The normalized spacial score (nSPS) is 10.4. The maximum Gasteiger partial charge on any atom is 0.201 e. The molecule has 0 atom stereocenters. The van der Waals surface area contributed by atoms with Gasteiger partial charge in [0.15, 0.2) is 6.61 Å². The van der Waals surface area contributed by atoms with E-state index < -0.39 is 0 Å². The number of carbonyl (C=O) groups is 1. The SMILES string of the molecule is Cc1cc(OCC(=O)c2ccc(Cl)cc2Cl)ccc1Cl. The van der Waals surface area contributed by atoms with Crippen LogP contribution in [-0.4, -0.2) is 12.4 Å². The minimum Gasteiger partial charge on any atom is -0.485 e. The minimum atomic E-state index is -0.209. The lowest BCUT2D eigenvalue weighted by Gasteiger charge is -2.08. The smallest absolute Gasteiger partial charge is 0.201 e. The topological polar surface area (TPSA) is 26.3 Å². The number of carbonyl (C=O) groups excluding carboxylic acids is 1. The van der Waals surface area contributed by atoms with E-state index in [1.165, 1.54) is 6.07 Å². The highest BCUT2D eigenvalue weighted by molar-refractivity contribution is 6.36. The molecule has 0 unspecified atom stereocenters. The van der Waals surface area contributed by atoms with Crippen molar-refractivity contribution in [1.82, 2.24) is 0 Å². The first kappa shape index (κ1) is 15.2. The number of Topliss-reactive ketones (excluding diaryl/α,β-unsaturated/α-hetero) is 1. The number of halogens is 3. The minimum absolute atomic E-state index is 0.0948. The molecule has 0 spiro atoms. The van der Waals surface area contributed by atoms with Crippen LogP contribution in [0.2, 0.25) is 15.1 Å². The Morgan fingerprint density at radius 3 is 2.45 bits per heavy atom. The average molecular weight is 330 g/mol. The van der Waals surface area contributed by atoms with Gasteiger partial charge in [-0.25, -0.2) is 0 Å². The summed E-state index contributed by atoms with van der Waals surface area (Å²) in [7, 11) is 0. The summed E-state index contributed by atoms with van der Waals surface area (Å²) in [4.78, 5) is 12.0. The van der Waals surface area contributed by atoms with Gasteiger partial charge >= 0.3 is 0 Å². The second kappa shape index (κ2) is 6.49. The molecule has 20 heavy (non-hydrogen) atoms.